The number of esters is 1. The van der Waals surface area contributed by atoms with Gasteiger partial charge in [-0.1, -0.05) is 11.6 Å². The molecule has 0 fully saturated rings. The molecule has 0 spiro atoms. The van der Waals surface area contributed by atoms with Crippen LogP contribution in [0, 0.1) is 0 Å². The summed E-state index contributed by atoms with van der Waals surface area (Å²) in [6.07, 6.45) is 11.4. The van der Waals surface area contributed by atoms with Gasteiger partial charge >= 0.3 is 5.97 Å². The number of amides is 1. The summed E-state index contributed by atoms with van der Waals surface area (Å²) in [6.45, 7) is 3.16. The van der Waals surface area contributed by atoms with Gasteiger partial charge < -0.3 is 9.64 Å². The van der Waals surface area contributed by atoms with Crippen LogP contribution in [0.5, 0.6) is 0 Å². The predicted octanol–water partition coefficient (Wildman–Crippen LogP) is 3.37. The number of aromatic nitrogens is 1. The van der Waals surface area contributed by atoms with Crippen LogP contribution in [0.3, 0.4) is 0 Å². The lowest BCUT2D eigenvalue weighted by Crippen LogP contribution is -2.34. The summed E-state index contributed by atoms with van der Waals surface area (Å²) in [7, 11) is 0. The van der Waals surface area contributed by atoms with E-state index in [1.807, 2.05) is 0 Å². The minimum absolute atomic E-state index is 0.0573. The van der Waals surface area contributed by atoms with E-state index in [1.165, 1.54) is 18.4 Å². The van der Waals surface area contributed by atoms with Crippen LogP contribution in [0.2, 0.25) is 0 Å². The fourth-order valence-corrected chi connectivity index (χ4v) is 2.86. The molecule has 0 radical (unpaired) electrons. The van der Waals surface area contributed by atoms with Gasteiger partial charge in [0.05, 0.1) is 13.0 Å². The highest BCUT2D eigenvalue weighted by atomic mass is 16.5. The first-order chi connectivity index (χ1) is 11.7. The average Bonchev–Trinajstić information content (AvgIpc) is 2.63. The van der Waals surface area contributed by atoms with Crippen LogP contribution in [-0.2, 0) is 9.53 Å². The van der Waals surface area contributed by atoms with Gasteiger partial charge in [-0.05, 0) is 51.2 Å². The van der Waals surface area contributed by atoms with E-state index in [0.717, 1.165) is 19.3 Å². The first kappa shape index (κ1) is 18.2. The zero-order valence-electron chi connectivity index (χ0n) is 14.4. The van der Waals surface area contributed by atoms with Crippen molar-refractivity contribution < 1.29 is 14.3 Å². The van der Waals surface area contributed by atoms with Gasteiger partial charge in [-0.3, -0.25) is 14.6 Å². The molecule has 0 aromatic carbocycles. The summed E-state index contributed by atoms with van der Waals surface area (Å²) in [5.41, 5.74) is 2.02. The summed E-state index contributed by atoms with van der Waals surface area (Å²) < 4.78 is 4.97. The van der Waals surface area contributed by atoms with E-state index in [2.05, 4.69) is 11.1 Å². The van der Waals surface area contributed by atoms with E-state index in [4.69, 9.17) is 4.74 Å². The topological polar surface area (TPSA) is 59.5 Å². The van der Waals surface area contributed by atoms with Gasteiger partial charge in [0.15, 0.2) is 0 Å². The number of ether oxygens (including phenoxy) is 1. The Morgan fingerprint density at radius 2 is 2.00 bits per heavy atom. The van der Waals surface area contributed by atoms with E-state index < -0.39 is 0 Å². The molecular weight excluding hydrogens is 304 g/mol. The van der Waals surface area contributed by atoms with Gasteiger partial charge in [0.1, 0.15) is 0 Å². The predicted molar refractivity (Wildman–Crippen MR) is 92.6 cm³/mol. The van der Waals surface area contributed by atoms with Crippen molar-refractivity contribution in [2.75, 3.05) is 19.7 Å². The van der Waals surface area contributed by atoms with E-state index in [0.29, 0.717) is 25.3 Å². The van der Waals surface area contributed by atoms with Crippen LogP contribution >= 0.6 is 0 Å². The van der Waals surface area contributed by atoms with Crippen LogP contribution in [0.25, 0.3) is 0 Å². The minimum Gasteiger partial charge on any atom is -0.466 e. The van der Waals surface area contributed by atoms with Crippen molar-refractivity contribution in [3.63, 3.8) is 0 Å². The lowest BCUT2D eigenvalue weighted by molar-refractivity contribution is -0.143. The number of carbonyl (C=O) groups is 2. The summed E-state index contributed by atoms with van der Waals surface area (Å²) in [5.74, 6) is -0.319. The van der Waals surface area contributed by atoms with Gasteiger partial charge in [0.25, 0.3) is 5.91 Å². The van der Waals surface area contributed by atoms with Crippen LogP contribution in [0.4, 0.5) is 0 Å². The molecule has 1 aromatic rings. The van der Waals surface area contributed by atoms with Crippen LogP contribution < -0.4 is 0 Å². The van der Waals surface area contributed by atoms with Crippen molar-refractivity contribution in [3.8, 4) is 0 Å². The first-order valence-electron chi connectivity index (χ1n) is 8.73. The largest absolute Gasteiger partial charge is 0.466 e. The normalized spacial score (nSPS) is 14.0. The number of hydrogen-bond donors (Lipinski definition) is 0. The number of allylic oxidation sites excluding steroid dienone is 1. The van der Waals surface area contributed by atoms with Gasteiger partial charge in [-0.2, -0.15) is 0 Å². The molecule has 0 unspecified atom stereocenters. The molecule has 1 amide bonds. The molecule has 130 valence electrons. The van der Waals surface area contributed by atoms with Crippen molar-refractivity contribution in [2.45, 2.75) is 45.4 Å². The van der Waals surface area contributed by atoms with Crippen molar-refractivity contribution in [1.29, 1.82) is 0 Å². The molecule has 1 heterocycles. The standard InChI is InChI=1S/C19H26N2O3/c1-2-24-18(22)11-15-21(14-10-16-6-4-3-5-7-16)19(23)17-8-12-20-13-9-17/h6,8-9,12-13H,2-5,7,10-11,14-15H2,1H3. The molecule has 5 nitrogen and oxygen atoms in total. The van der Waals surface area contributed by atoms with Crippen molar-refractivity contribution in [3.05, 3.63) is 41.7 Å². The lowest BCUT2D eigenvalue weighted by atomic mass is 9.97. The monoisotopic (exact) mass is 330 g/mol. The third kappa shape index (κ3) is 5.80. The second-order valence-corrected chi connectivity index (χ2v) is 5.94. The van der Waals surface area contributed by atoms with E-state index in [1.54, 1.807) is 36.4 Å². The van der Waals surface area contributed by atoms with Crippen molar-refractivity contribution in [2.24, 2.45) is 0 Å². The molecule has 1 aliphatic carbocycles. The fourth-order valence-electron chi connectivity index (χ4n) is 2.86. The Morgan fingerprint density at radius 3 is 2.67 bits per heavy atom. The molecule has 5 heteroatoms. The third-order valence-electron chi connectivity index (χ3n) is 4.19. The van der Waals surface area contributed by atoms with Crippen LogP contribution in [-0.4, -0.2) is 41.5 Å². The Bertz CT molecular complexity index is 569. The number of rotatable bonds is 8. The van der Waals surface area contributed by atoms with Gasteiger partial charge in [-0.15, -0.1) is 0 Å². The molecular formula is C19H26N2O3. The Balaban J connectivity index is 1.98. The molecule has 0 aliphatic heterocycles. The fraction of sp³-hybridized carbons (Fsp3) is 0.526. The Morgan fingerprint density at radius 1 is 1.21 bits per heavy atom. The summed E-state index contributed by atoms with van der Waals surface area (Å²) >= 11 is 0. The molecule has 0 atom stereocenters. The molecule has 2 rings (SSSR count). The minimum atomic E-state index is -0.262. The maximum atomic E-state index is 12.7. The second-order valence-electron chi connectivity index (χ2n) is 5.94. The maximum absolute atomic E-state index is 12.7. The molecule has 0 saturated heterocycles. The molecule has 0 saturated carbocycles. The number of nitrogens with zero attached hydrogens (tertiary/aromatic N) is 2. The molecule has 0 bridgehead atoms. The van der Waals surface area contributed by atoms with Crippen LogP contribution in [0.1, 0.15) is 55.8 Å². The third-order valence-corrected chi connectivity index (χ3v) is 4.19. The van der Waals surface area contributed by atoms with Crippen molar-refractivity contribution >= 4 is 11.9 Å². The lowest BCUT2D eigenvalue weighted by Gasteiger charge is -2.24. The maximum Gasteiger partial charge on any atom is 0.307 e. The Hall–Kier alpha value is -2.17. The summed E-state index contributed by atoms with van der Waals surface area (Å²) in [5, 5.41) is 0. The highest BCUT2D eigenvalue weighted by Gasteiger charge is 2.18. The number of pyridine rings is 1. The summed E-state index contributed by atoms with van der Waals surface area (Å²) in [4.78, 5) is 30.0. The van der Waals surface area contributed by atoms with Gasteiger partial charge in [0.2, 0.25) is 0 Å². The van der Waals surface area contributed by atoms with Crippen LogP contribution in [0.15, 0.2) is 36.2 Å². The number of hydrogen-bond acceptors (Lipinski definition) is 4. The molecule has 24 heavy (non-hydrogen) atoms. The Kier molecular flexibility index (Phi) is 7.46. The second kappa shape index (κ2) is 9.85. The zero-order valence-corrected chi connectivity index (χ0v) is 14.4. The SMILES string of the molecule is CCOC(=O)CCN(CCC1=CCCCC1)C(=O)c1ccncc1. The van der Waals surface area contributed by atoms with E-state index in [9.17, 15) is 9.59 Å². The highest BCUT2D eigenvalue weighted by molar-refractivity contribution is 5.94. The molecule has 1 aliphatic rings. The van der Waals surface area contributed by atoms with Gasteiger partial charge in [0, 0.05) is 31.0 Å². The first-order valence-corrected chi connectivity index (χ1v) is 8.73. The highest BCUT2D eigenvalue weighted by Crippen LogP contribution is 2.20. The summed E-state index contributed by atoms with van der Waals surface area (Å²) in [6, 6.07) is 3.42. The smallest absolute Gasteiger partial charge is 0.307 e. The average molecular weight is 330 g/mol. The quantitative estimate of drug-likeness (QED) is 0.542. The zero-order chi connectivity index (χ0) is 17.2. The molecule has 0 N–H and O–H groups in total. The number of carbonyl (C=O) groups excluding carboxylic acids is 2. The van der Waals surface area contributed by atoms with Gasteiger partial charge in [-0.25, -0.2) is 0 Å². The van der Waals surface area contributed by atoms with E-state index >= 15 is 0 Å². The Labute approximate surface area is 143 Å². The molecule has 1 aromatic heterocycles. The van der Waals surface area contributed by atoms with Crippen molar-refractivity contribution in [1.82, 2.24) is 9.88 Å². The van der Waals surface area contributed by atoms with E-state index in [-0.39, 0.29) is 18.3 Å².